The summed E-state index contributed by atoms with van der Waals surface area (Å²) in [6, 6.07) is 0.340. The van der Waals surface area contributed by atoms with Crippen LogP contribution in [0.3, 0.4) is 0 Å². The summed E-state index contributed by atoms with van der Waals surface area (Å²) in [5, 5.41) is 7.55. The van der Waals surface area contributed by atoms with Gasteiger partial charge in [0.15, 0.2) is 5.82 Å². The Bertz CT molecular complexity index is 490. The van der Waals surface area contributed by atoms with E-state index in [4.69, 9.17) is 0 Å². The number of piperidine rings is 1. The van der Waals surface area contributed by atoms with Crippen LogP contribution in [0.5, 0.6) is 0 Å². The molecule has 8 heteroatoms. The molecule has 1 N–H and O–H groups in total. The molecule has 0 saturated carbocycles. The number of hydrogen-bond acceptors (Lipinski definition) is 5. The van der Waals surface area contributed by atoms with Crippen molar-refractivity contribution in [3.05, 3.63) is 12.2 Å². The highest BCUT2D eigenvalue weighted by Crippen LogP contribution is 2.13. The maximum absolute atomic E-state index is 11.4. The van der Waals surface area contributed by atoms with Crippen LogP contribution >= 0.6 is 0 Å². The molecule has 0 aromatic carbocycles. The monoisotopic (exact) mass is 273 g/mol. The van der Waals surface area contributed by atoms with Gasteiger partial charge >= 0.3 is 0 Å². The molecular formula is C10H19N5O2S. The SMILES string of the molecule is Cn1cnc(CNC2CCN(S(C)(=O)=O)CC2)n1. The lowest BCUT2D eigenvalue weighted by molar-refractivity contribution is 0.288. The smallest absolute Gasteiger partial charge is 0.211 e. The Morgan fingerprint density at radius 2 is 2.11 bits per heavy atom. The summed E-state index contributed by atoms with van der Waals surface area (Å²) in [5.41, 5.74) is 0. The summed E-state index contributed by atoms with van der Waals surface area (Å²) >= 11 is 0. The van der Waals surface area contributed by atoms with E-state index in [0.29, 0.717) is 25.7 Å². The molecule has 102 valence electrons. The van der Waals surface area contributed by atoms with Crippen molar-refractivity contribution in [1.82, 2.24) is 24.4 Å². The Kier molecular flexibility index (Phi) is 3.98. The zero-order valence-corrected chi connectivity index (χ0v) is 11.5. The predicted octanol–water partition coefficient (Wildman–Crippen LogP) is -0.671. The first kappa shape index (κ1) is 13.4. The van der Waals surface area contributed by atoms with Crippen LogP contribution < -0.4 is 5.32 Å². The van der Waals surface area contributed by atoms with Crippen molar-refractivity contribution in [3.8, 4) is 0 Å². The molecule has 0 unspecified atom stereocenters. The van der Waals surface area contributed by atoms with Crippen LogP contribution in [-0.2, 0) is 23.6 Å². The second kappa shape index (κ2) is 5.33. The summed E-state index contributed by atoms with van der Waals surface area (Å²) in [4.78, 5) is 4.14. The van der Waals surface area contributed by atoms with E-state index in [9.17, 15) is 8.42 Å². The van der Waals surface area contributed by atoms with Crippen molar-refractivity contribution in [3.63, 3.8) is 0 Å². The van der Waals surface area contributed by atoms with Gasteiger partial charge in [-0.1, -0.05) is 0 Å². The first-order valence-electron chi connectivity index (χ1n) is 5.98. The van der Waals surface area contributed by atoms with Crippen molar-refractivity contribution in [2.75, 3.05) is 19.3 Å². The van der Waals surface area contributed by atoms with Crippen LogP contribution in [0.25, 0.3) is 0 Å². The van der Waals surface area contributed by atoms with Crippen LogP contribution in [0.2, 0.25) is 0 Å². The Morgan fingerprint density at radius 3 is 2.61 bits per heavy atom. The Labute approximate surface area is 107 Å². The molecule has 1 aliphatic rings. The van der Waals surface area contributed by atoms with Gasteiger partial charge in [-0.3, -0.25) is 4.68 Å². The van der Waals surface area contributed by atoms with Gasteiger partial charge in [-0.05, 0) is 12.8 Å². The van der Waals surface area contributed by atoms with Gasteiger partial charge < -0.3 is 5.32 Å². The van der Waals surface area contributed by atoms with Gasteiger partial charge in [0.25, 0.3) is 0 Å². The summed E-state index contributed by atoms with van der Waals surface area (Å²) in [6.45, 7) is 1.81. The minimum absolute atomic E-state index is 0.340. The summed E-state index contributed by atoms with van der Waals surface area (Å²) in [5.74, 6) is 0.767. The number of sulfonamides is 1. The van der Waals surface area contributed by atoms with E-state index in [-0.39, 0.29) is 0 Å². The van der Waals surface area contributed by atoms with Crippen molar-refractivity contribution >= 4 is 10.0 Å². The topological polar surface area (TPSA) is 80.1 Å². The maximum atomic E-state index is 11.4. The second-order valence-electron chi connectivity index (χ2n) is 4.65. The fourth-order valence-corrected chi connectivity index (χ4v) is 2.97. The minimum atomic E-state index is -3.04. The highest BCUT2D eigenvalue weighted by atomic mass is 32.2. The van der Waals surface area contributed by atoms with Crippen molar-refractivity contribution < 1.29 is 8.42 Å². The van der Waals surface area contributed by atoms with Gasteiger partial charge in [0.2, 0.25) is 10.0 Å². The van der Waals surface area contributed by atoms with E-state index >= 15 is 0 Å². The average Bonchev–Trinajstić information content (AvgIpc) is 2.72. The third kappa shape index (κ3) is 3.50. The Hall–Kier alpha value is -0.990. The Balaban J connectivity index is 1.77. The van der Waals surface area contributed by atoms with Crippen molar-refractivity contribution in [1.29, 1.82) is 0 Å². The van der Waals surface area contributed by atoms with Crippen LogP contribution in [0.15, 0.2) is 6.33 Å². The zero-order valence-electron chi connectivity index (χ0n) is 10.7. The number of nitrogens with one attached hydrogen (secondary N) is 1. The standard InChI is InChI=1S/C10H19N5O2S/c1-14-8-12-10(13-14)7-11-9-3-5-15(6-4-9)18(2,16)17/h8-9,11H,3-7H2,1-2H3. The number of aromatic nitrogens is 3. The van der Waals surface area contributed by atoms with Gasteiger partial charge in [0, 0.05) is 26.2 Å². The average molecular weight is 273 g/mol. The van der Waals surface area contributed by atoms with E-state index in [2.05, 4.69) is 15.4 Å². The fraction of sp³-hybridized carbons (Fsp3) is 0.800. The quantitative estimate of drug-likeness (QED) is 0.787. The molecule has 1 aromatic rings. The molecule has 0 bridgehead atoms. The Morgan fingerprint density at radius 1 is 1.44 bits per heavy atom. The molecule has 0 radical (unpaired) electrons. The second-order valence-corrected chi connectivity index (χ2v) is 6.63. The first-order chi connectivity index (χ1) is 8.45. The number of hydrogen-bond donors (Lipinski definition) is 1. The van der Waals surface area contributed by atoms with E-state index in [1.807, 2.05) is 7.05 Å². The number of rotatable bonds is 4. The van der Waals surface area contributed by atoms with Crippen LogP contribution in [0, 0.1) is 0 Å². The molecule has 7 nitrogen and oxygen atoms in total. The fourth-order valence-electron chi connectivity index (χ4n) is 2.09. The first-order valence-corrected chi connectivity index (χ1v) is 7.83. The van der Waals surface area contributed by atoms with E-state index in [1.165, 1.54) is 10.6 Å². The largest absolute Gasteiger partial charge is 0.307 e. The molecule has 1 fully saturated rings. The molecule has 1 aliphatic heterocycles. The molecule has 0 atom stereocenters. The highest BCUT2D eigenvalue weighted by molar-refractivity contribution is 7.88. The molecule has 18 heavy (non-hydrogen) atoms. The van der Waals surface area contributed by atoms with Gasteiger partial charge in [0.1, 0.15) is 6.33 Å². The van der Waals surface area contributed by atoms with E-state index < -0.39 is 10.0 Å². The lowest BCUT2D eigenvalue weighted by Gasteiger charge is -2.30. The summed E-state index contributed by atoms with van der Waals surface area (Å²) in [6.07, 6.45) is 4.60. The van der Waals surface area contributed by atoms with Gasteiger partial charge in [-0.15, -0.1) is 0 Å². The lowest BCUT2D eigenvalue weighted by atomic mass is 10.1. The van der Waals surface area contributed by atoms with E-state index in [1.54, 1.807) is 11.0 Å². The summed E-state index contributed by atoms with van der Waals surface area (Å²) in [7, 11) is -1.20. The predicted molar refractivity (Wildman–Crippen MR) is 67.3 cm³/mol. The molecule has 2 rings (SSSR count). The maximum Gasteiger partial charge on any atom is 0.211 e. The third-order valence-corrected chi connectivity index (χ3v) is 4.42. The highest BCUT2D eigenvalue weighted by Gasteiger charge is 2.24. The van der Waals surface area contributed by atoms with Crippen LogP contribution in [0.4, 0.5) is 0 Å². The van der Waals surface area contributed by atoms with Crippen molar-refractivity contribution in [2.24, 2.45) is 7.05 Å². The van der Waals surface area contributed by atoms with Crippen LogP contribution in [-0.4, -0.2) is 52.9 Å². The van der Waals surface area contributed by atoms with Crippen LogP contribution in [0.1, 0.15) is 18.7 Å². The van der Waals surface area contributed by atoms with Gasteiger partial charge in [0.05, 0.1) is 12.8 Å². The van der Waals surface area contributed by atoms with Gasteiger partial charge in [-0.25, -0.2) is 17.7 Å². The van der Waals surface area contributed by atoms with Crippen molar-refractivity contribution in [2.45, 2.75) is 25.4 Å². The molecule has 1 aromatic heterocycles. The summed E-state index contributed by atoms with van der Waals surface area (Å²) < 4.78 is 25.9. The molecular weight excluding hydrogens is 254 g/mol. The van der Waals surface area contributed by atoms with E-state index in [0.717, 1.165) is 18.7 Å². The molecule has 0 amide bonds. The molecule has 1 saturated heterocycles. The lowest BCUT2D eigenvalue weighted by Crippen LogP contribution is -2.44. The molecule has 2 heterocycles. The number of aryl methyl sites for hydroxylation is 1. The molecule has 0 spiro atoms. The normalized spacial score (nSPS) is 19.2. The minimum Gasteiger partial charge on any atom is -0.307 e. The molecule has 0 aliphatic carbocycles. The van der Waals surface area contributed by atoms with Gasteiger partial charge in [-0.2, -0.15) is 5.10 Å². The number of nitrogens with zero attached hydrogens (tertiary/aromatic N) is 4. The third-order valence-electron chi connectivity index (χ3n) is 3.12. The zero-order chi connectivity index (χ0) is 13.2.